The number of piperidine rings is 1. The van der Waals surface area contributed by atoms with Gasteiger partial charge in [-0.2, -0.15) is 0 Å². The molecule has 0 atom stereocenters. The highest BCUT2D eigenvalue weighted by molar-refractivity contribution is 5.27. The van der Waals surface area contributed by atoms with Gasteiger partial charge in [-0.05, 0) is 81.7 Å². The van der Waals surface area contributed by atoms with E-state index < -0.39 is 0 Å². The number of nitrogens with one attached hydrogen (secondary N) is 1. The van der Waals surface area contributed by atoms with Crippen molar-refractivity contribution in [3.63, 3.8) is 0 Å². The first-order chi connectivity index (χ1) is 9.81. The smallest absolute Gasteiger partial charge is 0.0205 e. The van der Waals surface area contributed by atoms with Crippen molar-refractivity contribution >= 4 is 0 Å². The molecule has 1 N–H and O–H groups in total. The number of hydrogen-bond donors (Lipinski definition) is 1. The minimum atomic E-state index is 0.876. The maximum Gasteiger partial charge on any atom is 0.0205 e. The van der Waals surface area contributed by atoms with Crippen molar-refractivity contribution in [2.24, 2.45) is 5.92 Å². The largest absolute Gasteiger partial charge is 0.313 e. The number of benzene rings is 1. The zero-order valence-electron chi connectivity index (χ0n) is 12.8. The van der Waals surface area contributed by atoms with Gasteiger partial charge in [0.05, 0.1) is 0 Å². The first-order valence-electron chi connectivity index (χ1n) is 8.29. The monoisotopic (exact) mass is 272 g/mol. The lowest BCUT2D eigenvalue weighted by molar-refractivity contribution is 0.211. The molecule has 2 aliphatic rings. The van der Waals surface area contributed by atoms with E-state index in [0.717, 1.165) is 18.4 Å². The van der Waals surface area contributed by atoms with Crippen LogP contribution in [0.25, 0.3) is 0 Å². The van der Waals surface area contributed by atoms with Gasteiger partial charge in [-0.3, -0.25) is 0 Å². The zero-order valence-corrected chi connectivity index (χ0v) is 12.8. The second kappa shape index (κ2) is 6.73. The minimum Gasteiger partial charge on any atom is -0.313 e. The molecule has 0 radical (unpaired) electrons. The lowest BCUT2D eigenvalue weighted by Gasteiger charge is -2.28. The molecular formula is C18H28N2. The molecule has 2 heteroatoms. The standard InChI is InChI=1S/C18H28N2/c1-20-12-9-15(10-13-20)8-11-19-14-16-2-4-17(5-3-16)18-6-7-18/h2-5,15,18-19H,6-14H2,1H3. The van der Waals surface area contributed by atoms with Crippen LogP contribution in [0, 0.1) is 5.92 Å². The van der Waals surface area contributed by atoms with E-state index in [1.54, 1.807) is 5.56 Å². The maximum absolute atomic E-state index is 3.61. The molecule has 3 rings (SSSR count). The maximum atomic E-state index is 3.61. The highest BCUT2D eigenvalue weighted by atomic mass is 15.1. The van der Waals surface area contributed by atoms with Crippen LogP contribution in [-0.2, 0) is 6.54 Å². The molecule has 20 heavy (non-hydrogen) atoms. The van der Waals surface area contributed by atoms with Gasteiger partial charge >= 0.3 is 0 Å². The summed E-state index contributed by atoms with van der Waals surface area (Å²) >= 11 is 0. The third-order valence-electron chi connectivity index (χ3n) is 4.93. The molecule has 0 spiro atoms. The predicted molar refractivity (Wildman–Crippen MR) is 85.0 cm³/mol. The van der Waals surface area contributed by atoms with Crippen molar-refractivity contribution in [2.45, 2.75) is 44.6 Å². The molecule has 1 aromatic rings. The van der Waals surface area contributed by atoms with Crippen LogP contribution in [-0.4, -0.2) is 31.6 Å². The molecule has 1 saturated carbocycles. The zero-order chi connectivity index (χ0) is 13.8. The molecule has 1 aliphatic heterocycles. The lowest BCUT2D eigenvalue weighted by atomic mass is 9.94. The molecule has 1 aromatic carbocycles. The summed E-state index contributed by atoms with van der Waals surface area (Å²) in [7, 11) is 2.24. The van der Waals surface area contributed by atoms with E-state index >= 15 is 0 Å². The van der Waals surface area contributed by atoms with Crippen molar-refractivity contribution in [2.75, 3.05) is 26.7 Å². The van der Waals surface area contributed by atoms with Crippen LogP contribution in [0.1, 0.15) is 49.1 Å². The summed E-state index contributed by atoms with van der Waals surface area (Å²) in [5.74, 6) is 1.82. The predicted octanol–water partition coefficient (Wildman–Crippen LogP) is 3.39. The molecule has 0 bridgehead atoms. The molecular weight excluding hydrogens is 244 g/mol. The van der Waals surface area contributed by atoms with Crippen molar-refractivity contribution in [3.8, 4) is 0 Å². The van der Waals surface area contributed by atoms with Gasteiger partial charge in [-0.25, -0.2) is 0 Å². The highest BCUT2D eigenvalue weighted by Crippen LogP contribution is 2.39. The quantitative estimate of drug-likeness (QED) is 0.799. The molecule has 1 aliphatic carbocycles. The average Bonchev–Trinajstić information content (AvgIpc) is 3.31. The fourth-order valence-electron chi connectivity index (χ4n) is 3.21. The van der Waals surface area contributed by atoms with E-state index in [-0.39, 0.29) is 0 Å². The molecule has 110 valence electrons. The van der Waals surface area contributed by atoms with Crippen LogP contribution in [0.3, 0.4) is 0 Å². The summed E-state index contributed by atoms with van der Waals surface area (Å²) in [5, 5.41) is 3.61. The molecule has 2 fully saturated rings. The van der Waals surface area contributed by atoms with Gasteiger partial charge in [0.15, 0.2) is 0 Å². The lowest BCUT2D eigenvalue weighted by Crippen LogP contribution is -2.31. The molecule has 1 saturated heterocycles. The van der Waals surface area contributed by atoms with Crippen LogP contribution in [0.15, 0.2) is 24.3 Å². The van der Waals surface area contributed by atoms with Gasteiger partial charge in [0.25, 0.3) is 0 Å². The van der Waals surface area contributed by atoms with Gasteiger partial charge in [-0.1, -0.05) is 24.3 Å². The molecule has 0 amide bonds. The van der Waals surface area contributed by atoms with Crippen LogP contribution >= 0.6 is 0 Å². The van der Waals surface area contributed by atoms with Crippen LogP contribution < -0.4 is 5.32 Å². The SMILES string of the molecule is CN1CCC(CCNCc2ccc(C3CC3)cc2)CC1. The summed E-state index contributed by atoms with van der Waals surface area (Å²) in [6, 6.07) is 9.25. The highest BCUT2D eigenvalue weighted by Gasteiger charge is 2.22. The van der Waals surface area contributed by atoms with E-state index in [0.29, 0.717) is 0 Å². The van der Waals surface area contributed by atoms with E-state index in [9.17, 15) is 0 Å². The summed E-state index contributed by atoms with van der Waals surface area (Å²) in [6.07, 6.45) is 6.90. The number of rotatable bonds is 6. The Hall–Kier alpha value is -0.860. The minimum absolute atomic E-state index is 0.876. The molecule has 0 aromatic heterocycles. The van der Waals surface area contributed by atoms with Crippen LogP contribution in [0.2, 0.25) is 0 Å². The Morgan fingerprint density at radius 1 is 1.05 bits per heavy atom. The Morgan fingerprint density at radius 2 is 1.75 bits per heavy atom. The Labute approximate surface area is 123 Å². The van der Waals surface area contributed by atoms with Gasteiger partial charge < -0.3 is 10.2 Å². The topological polar surface area (TPSA) is 15.3 Å². The summed E-state index contributed by atoms with van der Waals surface area (Å²) in [4.78, 5) is 2.45. The van der Waals surface area contributed by atoms with Gasteiger partial charge in [0.2, 0.25) is 0 Å². The van der Waals surface area contributed by atoms with Crippen molar-refractivity contribution in [3.05, 3.63) is 35.4 Å². The number of likely N-dealkylation sites (tertiary alicyclic amines) is 1. The van der Waals surface area contributed by atoms with Gasteiger partial charge in [0.1, 0.15) is 0 Å². The summed E-state index contributed by atoms with van der Waals surface area (Å²) in [5.41, 5.74) is 2.97. The summed E-state index contributed by atoms with van der Waals surface area (Å²) in [6.45, 7) is 4.76. The van der Waals surface area contributed by atoms with E-state index in [4.69, 9.17) is 0 Å². The van der Waals surface area contributed by atoms with Crippen molar-refractivity contribution in [1.29, 1.82) is 0 Å². The van der Waals surface area contributed by atoms with E-state index in [1.807, 2.05) is 0 Å². The fraction of sp³-hybridized carbons (Fsp3) is 0.667. The van der Waals surface area contributed by atoms with Crippen molar-refractivity contribution < 1.29 is 0 Å². The van der Waals surface area contributed by atoms with Crippen LogP contribution in [0.5, 0.6) is 0 Å². The van der Waals surface area contributed by atoms with Gasteiger partial charge in [-0.15, -0.1) is 0 Å². The number of hydrogen-bond acceptors (Lipinski definition) is 2. The first kappa shape index (κ1) is 14.1. The second-order valence-electron chi connectivity index (χ2n) is 6.73. The van der Waals surface area contributed by atoms with Gasteiger partial charge in [0, 0.05) is 6.54 Å². The Bertz CT molecular complexity index is 400. The van der Waals surface area contributed by atoms with Crippen molar-refractivity contribution in [1.82, 2.24) is 10.2 Å². The Morgan fingerprint density at radius 3 is 2.40 bits per heavy atom. The fourth-order valence-corrected chi connectivity index (χ4v) is 3.21. The Balaban J connectivity index is 1.33. The normalized spacial score (nSPS) is 21.2. The summed E-state index contributed by atoms with van der Waals surface area (Å²) < 4.78 is 0. The third-order valence-corrected chi connectivity index (χ3v) is 4.93. The molecule has 1 heterocycles. The molecule has 0 unspecified atom stereocenters. The first-order valence-corrected chi connectivity index (χ1v) is 8.29. The Kier molecular flexibility index (Phi) is 4.74. The van der Waals surface area contributed by atoms with Crippen LogP contribution in [0.4, 0.5) is 0 Å². The number of nitrogens with zero attached hydrogens (tertiary/aromatic N) is 1. The third kappa shape index (κ3) is 4.07. The van der Waals surface area contributed by atoms with E-state index in [2.05, 4.69) is 41.5 Å². The second-order valence-corrected chi connectivity index (χ2v) is 6.73. The van der Waals surface area contributed by atoms with E-state index in [1.165, 1.54) is 57.3 Å². The molecule has 2 nitrogen and oxygen atoms in total. The average molecular weight is 272 g/mol.